The third kappa shape index (κ3) is 3.37. The summed E-state index contributed by atoms with van der Waals surface area (Å²) in [5.41, 5.74) is 3.82. The summed E-state index contributed by atoms with van der Waals surface area (Å²) in [5.74, 6) is 4.10. The van der Waals surface area contributed by atoms with Crippen molar-refractivity contribution in [2.45, 2.75) is 95.5 Å². The number of hydrogen-bond acceptors (Lipinski definition) is 3. The molecule has 0 spiro atoms. The van der Waals surface area contributed by atoms with Gasteiger partial charge in [0.05, 0.1) is 17.8 Å². The Morgan fingerprint density at radius 3 is 2.77 bits per heavy atom. The molecule has 2 aromatic rings. The molecule has 0 amide bonds. The number of rotatable bonds is 5. The van der Waals surface area contributed by atoms with Gasteiger partial charge in [0.15, 0.2) is 0 Å². The Morgan fingerprint density at radius 2 is 1.94 bits per heavy atom. The number of benzene rings is 2. The van der Waals surface area contributed by atoms with Crippen LogP contribution in [0.3, 0.4) is 0 Å². The van der Waals surface area contributed by atoms with Gasteiger partial charge in [-0.25, -0.2) is 0 Å². The first-order valence-electron chi connectivity index (χ1n) is 14.2. The summed E-state index contributed by atoms with van der Waals surface area (Å²) in [4.78, 5) is 0. The standard InChI is InChI=1S/C32H40O3/c1-3-7-21-14-22-15-24(34-19-20-8-5-4-6-9-20)10-11-25(22)26-12-13-31(2)27(30(21)26)16-23-17-28-29(35-28)18-32(23,31)33/h4-6,8-11,15,21,23,26-30,33H,3,7,12-14,16-19H2,1-2H3/t21-,23+,26?,27?,28+,29-,30?,31+,32+/m1/s1. The first-order chi connectivity index (χ1) is 17.0. The predicted molar refractivity (Wildman–Crippen MR) is 137 cm³/mol. The summed E-state index contributed by atoms with van der Waals surface area (Å²) in [7, 11) is 0. The van der Waals surface area contributed by atoms with Gasteiger partial charge in [-0.1, -0.05) is 63.1 Å². The molecule has 35 heavy (non-hydrogen) atoms. The lowest BCUT2D eigenvalue weighted by molar-refractivity contribution is -0.137. The van der Waals surface area contributed by atoms with Crippen LogP contribution in [0.1, 0.15) is 81.4 Å². The SMILES string of the molecule is CCC[C@@H]1Cc2cc(OCc3ccccc3)ccc2C2CC[C@@]3(C)C(C[C@H]4C[C@@H]5O[C@@H]5C[C@]43O)C21. The molecule has 5 aliphatic rings. The summed E-state index contributed by atoms with van der Waals surface area (Å²) in [6, 6.07) is 17.4. The molecule has 3 saturated carbocycles. The largest absolute Gasteiger partial charge is 0.489 e. The second-order valence-electron chi connectivity index (χ2n) is 12.6. The van der Waals surface area contributed by atoms with Gasteiger partial charge in [0, 0.05) is 6.42 Å². The Morgan fingerprint density at radius 1 is 1.09 bits per heavy atom. The van der Waals surface area contributed by atoms with E-state index < -0.39 is 5.60 Å². The molecule has 3 unspecified atom stereocenters. The topological polar surface area (TPSA) is 42.0 Å². The van der Waals surface area contributed by atoms with Crippen LogP contribution in [0.2, 0.25) is 0 Å². The van der Waals surface area contributed by atoms with Gasteiger partial charge in [0.2, 0.25) is 0 Å². The van der Waals surface area contributed by atoms with E-state index in [-0.39, 0.29) is 5.41 Å². The van der Waals surface area contributed by atoms with Crippen LogP contribution in [0.25, 0.3) is 0 Å². The van der Waals surface area contributed by atoms with E-state index in [0.29, 0.717) is 48.4 Å². The molecule has 1 saturated heterocycles. The maximum atomic E-state index is 12.2. The molecule has 0 bridgehead atoms. The van der Waals surface area contributed by atoms with E-state index in [0.717, 1.165) is 31.4 Å². The second kappa shape index (κ2) is 8.08. The van der Waals surface area contributed by atoms with E-state index in [1.165, 1.54) is 36.8 Å². The van der Waals surface area contributed by atoms with E-state index >= 15 is 0 Å². The van der Waals surface area contributed by atoms with Gasteiger partial charge in [0.1, 0.15) is 12.4 Å². The van der Waals surface area contributed by atoms with Gasteiger partial charge in [0.25, 0.3) is 0 Å². The van der Waals surface area contributed by atoms with Crippen LogP contribution in [0.5, 0.6) is 5.75 Å². The van der Waals surface area contributed by atoms with Crippen LogP contribution in [-0.2, 0) is 17.8 Å². The molecule has 2 aromatic carbocycles. The molecular weight excluding hydrogens is 432 g/mol. The first kappa shape index (κ1) is 22.4. The molecule has 186 valence electrons. The highest BCUT2D eigenvalue weighted by atomic mass is 16.6. The van der Waals surface area contributed by atoms with Gasteiger partial charge in [-0.05, 0) is 95.9 Å². The normalized spacial score (nSPS) is 42.8. The molecule has 1 heterocycles. The number of fused-ring (bicyclic) bond motifs is 8. The summed E-state index contributed by atoms with van der Waals surface area (Å²) in [6.07, 6.45) is 9.98. The Kier molecular flexibility index (Phi) is 5.16. The van der Waals surface area contributed by atoms with E-state index in [2.05, 4.69) is 62.4 Å². The minimum Gasteiger partial charge on any atom is -0.489 e. The van der Waals surface area contributed by atoms with E-state index in [9.17, 15) is 5.11 Å². The molecule has 4 aliphatic carbocycles. The maximum Gasteiger partial charge on any atom is 0.120 e. The summed E-state index contributed by atoms with van der Waals surface area (Å²) < 4.78 is 12.1. The highest BCUT2D eigenvalue weighted by Crippen LogP contribution is 2.70. The second-order valence-corrected chi connectivity index (χ2v) is 12.6. The molecule has 4 fully saturated rings. The smallest absolute Gasteiger partial charge is 0.120 e. The zero-order valence-corrected chi connectivity index (χ0v) is 21.3. The van der Waals surface area contributed by atoms with Crippen molar-refractivity contribution in [3.05, 3.63) is 65.2 Å². The van der Waals surface area contributed by atoms with Crippen molar-refractivity contribution in [3.8, 4) is 5.75 Å². The zero-order valence-electron chi connectivity index (χ0n) is 21.3. The average molecular weight is 473 g/mol. The summed E-state index contributed by atoms with van der Waals surface area (Å²) >= 11 is 0. The molecule has 0 radical (unpaired) electrons. The lowest BCUT2D eigenvalue weighted by atomic mass is 9.49. The fourth-order valence-electron chi connectivity index (χ4n) is 9.36. The predicted octanol–water partition coefficient (Wildman–Crippen LogP) is 6.67. The van der Waals surface area contributed by atoms with Crippen molar-refractivity contribution >= 4 is 0 Å². The molecular formula is C32H40O3. The quantitative estimate of drug-likeness (QED) is 0.494. The first-order valence-corrected chi connectivity index (χ1v) is 14.2. The molecule has 0 aromatic heterocycles. The van der Waals surface area contributed by atoms with E-state index in [1.807, 2.05) is 0 Å². The van der Waals surface area contributed by atoms with E-state index in [4.69, 9.17) is 9.47 Å². The van der Waals surface area contributed by atoms with Gasteiger partial charge in [-0.15, -0.1) is 0 Å². The van der Waals surface area contributed by atoms with E-state index in [1.54, 1.807) is 5.56 Å². The number of aliphatic hydroxyl groups is 1. The molecule has 7 rings (SSSR count). The molecule has 3 heteroatoms. The van der Waals surface area contributed by atoms with Crippen molar-refractivity contribution in [1.29, 1.82) is 0 Å². The maximum absolute atomic E-state index is 12.2. The van der Waals surface area contributed by atoms with Crippen molar-refractivity contribution in [2.24, 2.45) is 29.1 Å². The van der Waals surface area contributed by atoms with Crippen LogP contribution >= 0.6 is 0 Å². The summed E-state index contributed by atoms with van der Waals surface area (Å²) in [6.45, 7) is 5.42. The highest BCUT2D eigenvalue weighted by molar-refractivity contribution is 5.42. The van der Waals surface area contributed by atoms with Crippen LogP contribution in [0, 0.1) is 29.1 Å². The summed E-state index contributed by atoms with van der Waals surface area (Å²) in [5, 5.41) is 12.2. The molecule has 3 nitrogen and oxygen atoms in total. The van der Waals surface area contributed by atoms with Gasteiger partial charge in [-0.3, -0.25) is 0 Å². The van der Waals surface area contributed by atoms with Crippen LogP contribution in [0.15, 0.2) is 48.5 Å². The van der Waals surface area contributed by atoms with Gasteiger partial charge >= 0.3 is 0 Å². The zero-order chi connectivity index (χ0) is 23.8. The number of hydrogen-bond donors (Lipinski definition) is 1. The lowest BCUT2D eigenvalue weighted by Gasteiger charge is -2.56. The van der Waals surface area contributed by atoms with Crippen molar-refractivity contribution < 1.29 is 14.6 Å². The Labute approximate surface area is 210 Å². The highest BCUT2D eigenvalue weighted by Gasteiger charge is 2.70. The molecule has 9 atom stereocenters. The van der Waals surface area contributed by atoms with Crippen LogP contribution < -0.4 is 4.74 Å². The van der Waals surface area contributed by atoms with Gasteiger partial charge in [-0.2, -0.15) is 0 Å². The number of ether oxygens (including phenoxy) is 2. The number of epoxide rings is 1. The van der Waals surface area contributed by atoms with Crippen molar-refractivity contribution in [1.82, 2.24) is 0 Å². The Balaban J connectivity index is 1.18. The molecule has 1 N–H and O–H groups in total. The van der Waals surface area contributed by atoms with Crippen molar-refractivity contribution in [2.75, 3.05) is 0 Å². The monoisotopic (exact) mass is 472 g/mol. The Hall–Kier alpha value is -1.84. The minimum atomic E-state index is -0.521. The average Bonchev–Trinajstić information content (AvgIpc) is 3.57. The third-order valence-electron chi connectivity index (χ3n) is 11.1. The van der Waals surface area contributed by atoms with Crippen LogP contribution in [0.4, 0.5) is 0 Å². The van der Waals surface area contributed by atoms with Crippen LogP contribution in [-0.4, -0.2) is 22.9 Å². The van der Waals surface area contributed by atoms with Crippen molar-refractivity contribution in [3.63, 3.8) is 0 Å². The Bertz CT molecular complexity index is 1100. The minimum absolute atomic E-state index is 0.0397. The lowest BCUT2D eigenvalue weighted by Crippen LogP contribution is -2.55. The molecule has 1 aliphatic heterocycles. The fourth-order valence-corrected chi connectivity index (χ4v) is 9.36. The third-order valence-corrected chi connectivity index (χ3v) is 11.1. The van der Waals surface area contributed by atoms with Gasteiger partial charge < -0.3 is 14.6 Å². The fraction of sp³-hybridized carbons (Fsp3) is 0.625.